The van der Waals surface area contributed by atoms with Gasteiger partial charge >= 0.3 is 5.97 Å². The fourth-order valence-electron chi connectivity index (χ4n) is 3.85. The number of ether oxygens (including phenoxy) is 8. The van der Waals surface area contributed by atoms with Crippen molar-refractivity contribution in [1.82, 2.24) is 14.4 Å². The number of nitrogens with two attached hydrogens (primary N) is 1. The van der Waals surface area contributed by atoms with Gasteiger partial charge in [-0.2, -0.15) is 0 Å². The summed E-state index contributed by atoms with van der Waals surface area (Å²) in [5.41, 5.74) is 6.85. The molecular weight excluding hydrogens is 610 g/mol. The number of rotatable bonds is 24. The number of nitrogens with one attached hydrogen (secondary N) is 1. The average molecular weight is 652 g/mol. The molecular formula is C29H41N5O10S. The van der Waals surface area contributed by atoms with Gasteiger partial charge in [-0.3, -0.25) is 9.20 Å². The molecule has 3 rings (SSSR count). The van der Waals surface area contributed by atoms with E-state index >= 15 is 0 Å². The van der Waals surface area contributed by atoms with Crippen LogP contribution in [-0.2, 0) is 33.2 Å². The summed E-state index contributed by atoms with van der Waals surface area (Å²) in [6.45, 7) is 5.86. The zero-order valence-electron chi connectivity index (χ0n) is 25.8. The Bertz CT molecular complexity index is 1340. The number of thioether (sulfide) groups is 1. The Morgan fingerprint density at radius 1 is 0.889 bits per heavy atom. The van der Waals surface area contributed by atoms with Crippen LogP contribution in [0.25, 0.3) is 5.65 Å². The minimum atomic E-state index is -0.653. The summed E-state index contributed by atoms with van der Waals surface area (Å²) < 4.78 is 44.8. The minimum Gasteiger partial charge on any atom is -0.497 e. The molecule has 3 aromatic rings. The number of aromatic nitrogens is 3. The molecule has 0 aliphatic carbocycles. The lowest BCUT2D eigenvalue weighted by molar-refractivity contribution is -0.149. The molecule has 248 valence electrons. The molecule has 0 unspecified atom stereocenters. The maximum Gasteiger partial charge on any atom is 0.332 e. The number of nitrogens with zero attached hydrogens (tertiary/aromatic N) is 3. The largest absolute Gasteiger partial charge is 0.497 e. The van der Waals surface area contributed by atoms with Crippen molar-refractivity contribution in [3.05, 3.63) is 36.2 Å². The van der Waals surface area contributed by atoms with Crippen molar-refractivity contribution in [2.24, 2.45) is 5.73 Å². The maximum absolute atomic E-state index is 12.3. The Hall–Kier alpha value is -3.67. The molecule has 1 aromatic carbocycles. The molecule has 2 heterocycles. The smallest absolute Gasteiger partial charge is 0.332 e. The predicted octanol–water partition coefficient (Wildman–Crippen LogP) is 2.33. The molecule has 0 saturated carbocycles. The number of methoxy groups -OCH3 is 1. The number of carbonyl (C=O) groups is 2. The van der Waals surface area contributed by atoms with Gasteiger partial charge in [-0.25, -0.2) is 14.8 Å². The summed E-state index contributed by atoms with van der Waals surface area (Å²) in [6, 6.07) is 5.26. The molecule has 0 radical (unpaired) electrons. The van der Waals surface area contributed by atoms with Gasteiger partial charge in [0.05, 0.1) is 73.2 Å². The number of anilines is 2. The molecule has 2 aromatic heterocycles. The van der Waals surface area contributed by atoms with Gasteiger partial charge in [0.1, 0.15) is 36.1 Å². The quantitative estimate of drug-likeness (QED) is 0.0624. The van der Waals surface area contributed by atoms with Crippen LogP contribution < -0.4 is 20.5 Å². The molecule has 0 atom stereocenters. The molecule has 0 saturated heterocycles. The average Bonchev–Trinajstić information content (AvgIpc) is 3.51. The second-order valence-corrected chi connectivity index (χ2v) is 9.76. The van der Waals surface area contributed by atoms with Crippen LogP contribution in [0.1, 0.15) is 17.3 Å². The highest BCUT2D eigenvalue weighted by Crippen LogP contribution is 2.31. The lowest BCUT2D eigenvalue weighted by Gasteiger charge is -2.15. The van der Waals surface area contributed by atoms with Gasteiger partial charge in [0.15, 0.2) is 10.8 Å². The van der Waals surface area contributed by atoms with Crippen LogP contribution in [0.3, 0.4) is 0 Å². The number of imidazole rings is 1. The number of hydrogen-bond donors (Lipinski definition) is 2. The first-order chi connectivity index (χ1) is 22.0. The van der Waals surface area contributed by atoms with Crippen LogP contribution in [0.5, 0.6) is 11.5 Å². The fraction of sp³-hybridized carbons (Fsp3) is 0.517. The van der Waals surface area contributed by atoms with E-state index in [1.54, 1.807) is 49.0 Å². The van der Waals surface area contributed by atoms with Crippen molar-refractivity contribution >= 4 is 40.8 Å². The van der Waals surface area contributed by atoms with Gasteiger partial charge < -0.3 is 48.9 Å². The maximum atomic E-state index is 12.3. The zero-order chi connectivity index (χ0) is 32.3. The molecule has 0 aliphatic heterocycles. The number of amides is 1. The molecule has 0 aliphatic rings. The Kier molecular flexibility index (Phi) is 16.2. The summed E-state index contributed by atoms with van der Waals surface area (Å²) >= 11 is 1.41. The standard InChI is InChI=1S/C29H41N5O10S/c1-4-43-24(35)20-42-14-13-40-10-9-38-7-8-39-11-12-41-15-16-44-23-18-21(17-22(19-23)37-2)32-27-25(26(30)36)28-31-5-6-34(28)29(33-27)45-3/h5-6,17-19,32H,4,7-16,20H2,1-3H3,(H2,30,36). The van der Waals surface area contributed by atoms with Crippen molar-refractivity contribution < 1.29 is 47.5 Å². The van der Waals surface area contributed by atoms with Gasteiger partial charge in [-0.05, 0) is 13.2 Å². The Morgan fingerprint density at radius 3 is 2.07 bits per heavy atom. The zero-order valence-corrected chi connectivity index (χ0v) is 26.6. The Balaban J connectivity index is 1.30. The third kappa shape index (κ3) is 12.3. The highest BCUT2D eigenvalue weighted by Gasteiger charge is 2.20. The van der Waals surface area contributed by atoms with E-state index in [4.69, 9.17) is 43.6 Å². The van der Waals surface area contributed by atoms with Crippen LogP contribution in [0.2, 0.25) is 0 Å². The van der Waals surface area contributed by atoms with Gasteiger partial charge in [0.2, 0.25) is 0 Å². The van der Waals surface area contributed by atoms with E-state index in [2.05, 4.69) is 15.3 Å². The Labute approximate surface area is 265 Å². The topological polar surface area (TPSA) is 176 Å². The molecule has 15 nitrogen and oxygen atoms in total. The van der Waals surface area contributed by atoms with Gasteiger partial charge in [-0.1, -0.05) is 11.8 Å². The molecule has 45 heavy (non-hydrogen) atoms. The second kappa shape index (κ2) is 20.4. The summed E-state index contributed by atoms with van der Waals surface area (Å²) in [6.07, 6.45) is 5.19. The van der Waals surface area contributed by atoms with Gasteiger partial charge in [-0.15, -0.1) is 0 Å². The number of hydrogen-bond acceptors (Lipinski definition) is 14. The highest BCUT2D eigenvalue weighted by molar-refractivity contribution is 7.98. The van der Waals surface area contributed by atoms with E-state index in [9.17, 15) is 9.59 Å². The van der Waals surface area contributed by atoms with Gasteiger partial charge in [0, 0.05) is 36.3 Å². The van der Waals surface area contributed by atoms with Crippen molar-refractivity contribution in [2.75, 3.05) is 98.0 Å². The third-order valence-electron chi connectivity index (χ3n) is 5.83. The predicted molar refractivity (Wildman–Crippen MR) is 166 cm³/mol. The van der Waals surface area contributed by atoms with E-state index in [1.165, 1.54) is 11.8 Å². The molecule has 0 bridgehead atoms. The van der Waals surface area contributed by atoms with Gasteiger partial charge in [0.25, 0.3) is 5.91 Å². The van der Waals surface area contributed by atoms with E-state index < -0.39 is 5.91 Å². The summed E-state index contributed by atoms with van der Waals surface area (Å²) in [5.74, 6) is 0.323. The van der Waals surface area contributed by atoms with Crippen molar-refractivity contribution in [2.45, 2.75) is 12.1 Å². The summed E-state index contributed by atoms with van der Waals surface area (Å²) in [5, 5.41) is 3.81. The highest BCUT2D eigenvalue weighted by atomic mass is 32.2. The van der Waals surface area contributed by atoms with Crippen LogP contribution in [0, 0.1) is 0 Å². The van der Waals surface area contributed by atoms with Crippen LogP contribution in [0.15, 0.2) is 35.7 Å². The number of benzene rings is 1. The second-order valence-electron chi connectivity index (χ2n) is 8.98. The number of primary amides is 1. The van der Waals surface area contributed by atoms with Crippen molar-refractivity contribution in [1.29, 1.82) is 0 Å². The lowest BCUT2D eigenvalue weighted by atomic mass is 10.2. The SMILES string of the molecule is CCOC(=O)COCCOCCOCCOCCOCCOc1cc(Nc2nc(SC)n3ccnc3c2C(N)=O)cc(OC)c1. The normalized spacial score (nSPS) is 11.1. The molecule has 1 amide bonds. The molecule has 16 heteroatoms. The first-order valence-electron chi connectivity index (χ1n) is 14.3. The monoisotopic (exact) mass is 651 g/mol. The summed E-state index contributed by atoms with van der Waals surface area (Å²) in [7, 11) is 1.55. The number of fused-ring (bicyclic) bond motifs is 1. The molecule has 0 fully saturated rings. The first-order valence-corrected chi connectivity index (χ1v) is 15.5. The van der Waals surface area contributed by atoms with E-state index in [1.807, 2.05) is 6.26 Å². The third-order valence-corrected chi connectivity index (χ3v) is 6.48. The van der Waals surface area contributed by atoms with Crippen LogP contribution in [-0.4, -0.2) is 119 Å². The van der Waals surface area contributed by atoms with Crippen molar-refractivity contribution in [3.63, 3.8) is 0 Å². The van der Waals surface area contributed by atoms with Crippen molar-refractivity contribution in [3.8, 4) is 11.5 Å². The van der Waals surface area contributed by atoms with E-state index in [-0.39, 0.29) is 24.0 Å². The first kappa shape index (κ1) is 35.8. The van der Waals surface area contributed by atoms with Crippen LogP contribution >= 0.6 is 11.8 Å². The Morgan fingerprint density at radius 2 is 1.49 bits per heavy atom. The lowest BCUT2D eigenvalue weighted by Crippen LogP contribution is -2.17. The number of esters is 1. The molecule has 0 spiro atoms. The van der Waals surface area contributed by atoms with E-state index in [0.717, 1.165) is 0 Å². The summed E-state index contributed by atoms with van der Waals surface area (Å²) in [4.78, 5) is 32.3. The fourth-order valence-corrected chi connectivity index (χ4v) is 4.38. The minimum absolute atomic E-state index is 0.0761. The molecule has 3 N–H and O–H groups in total. The number of carbonyl (C=O) groups excluding carboxylic acids is 2. The van der Waals surface area contributed by atoms with E-state index in [0.29, 0.717) is 101 Å². The van der Waals surface area contributed by atoms with Crippen LogP contribution in [0.4, 0.5) is 11.5 Å².